The minimum atomic E-state index is -1.39. The van der Waals surface area contributed by atoms with Crippen LogP contribution < -0.4 is 10.2 Å². The third-order valence-corrected chi connectivity index (χ3v) is 6.60. The number of hydrogen-bond donors (Lipinski definition) is 2. The molecule has 2 atom stereocenters. The molecule has 3 heterocycles. The fraction of sp³-hybridized carbons (Fsp3) is 0.542. The van der Waals surface area contributed by atoms with Crippen molar-refractivity contribution in [3.8, 4) is 0 Å². The average molecular weight is 549 g/mol. The van der Waals surface area contributed by atoms with Crippen LogP contribution in [0.1, 0.15) is 12.8 Å². The molecule has 0 aliphatic carbocycles. The van der Waals surface area contributed by atoms with E-state index in [9.17, 15) is 28.8 Å². The Kier molecular flexibility index (Phi) is 10.0. The number of amides is 4. The summed E-state index contributed by atoms with van der Waals surface area (Å²) in [6.07, 6.45) is 1.48. The highest BCUT2D eigenvalue weighted by Crippen LogP contribution is 2.19. The highest BCUT2D eigenvalue weighted by molar-refractivity contribution is 5.97. The number of hydrogen-bond acceptors (Lipinski definition) is 10. The Bertz CT molecular complexity index is 1080. The molecule has 15 heteroatoms. The minimum absolute atomic E-state index is 0.107. The van der Waals surface area contributed by atoms with Gasteiger partial charge in [0.05, 0.1) is 27.1 Å². The molecule has 2 N–H and O–H groups in total. The number of carbonyl (C=O) groups is 6. The topological polar surface area (TPSA) is 179 Å². The van der Waals surface area contributed by atoms with E-state index in [0.717, 1.165) is 29.7 Å². The molecule has 1 aromatic rings. The molecule has 4 amide bonds. The Balaban J connectivity index is 1.73. The summed E-state index contributed by atoms with van der Waals surface area (Å²) in [5.41, 5.74) is 0.973. The third-order valence-electron chi connectivity index (χ3n) is 6.60. The van der Waals surface area contributed by atoms with Crippen molar-refractivity contribution < 1.29 is 43.3 Å². The van der Waals surface area contributed by atoms with Crippen LogP contribution in [-0.4, -0.2) is 133 Å². The molecular weight excluding hydrogens is 516 g/mol. The Hall–Kier alpha value is -4.43. The number of carboxylic acids is 1. The van der Waals surface area contributed by atoms with Crippen molar-refractivity contribution in [1.29, 1.82) is 0 Å². The fourth-order valence-electron chi connectivity index (χ4n) is 4.54. The Morgan fingerprint density at radius 2 is 1.69 bits per heavy atom. The zero-order valence-electron chi connectivity index (χ0n) is 21.8. The van der Waals surface area contributed by atoms with E-state index in [2.05, 4.69) is 24.7 Å². The molecule has 39 heavy (non-hydrogen) atoms. The number of ether oxygens (including phenoxy) is 2. The SMILES string of the molecule is COC(=O)CC1C(=O)N(CC(=O)O)CCN1C(=O)C(CC(=O)N1CCN(c2ccncc2)CC1)NC(=O)OC. The lowest BCUT2D eigenvalue weighted by Gasteiger charge is -2.41. The number of aromatic nitrogens is 1. The lowest BCUT2D eigenvalue weighted by Crippen LogP contribution is -2.63. The number of carboxylic acid groups (broad SMARTS) is 1. The third kappa shape index (κ3) is 7.55. The summed E-state index contributed by atoms with van der Waals surface area (Å²) in [5.74, 6) is -3.96. The molecule has 0 saturated carbocycles. The molecule has 3 rings (SSSR count). The van der Waals surface area contributed by atoms with Crippen LogP contribution in [0.4, 0.5) is 10.5 Å². The molecule has 212 valence electrons. The van der Waals surface area contributed by atoms with Crippen molar-refractivity contribution >= 4 is 41.4 Å². The second kappa shape index (κ2) is 13.4. The zero-order valence-corrected chi connectivity index (χ0v) is 21.8. The van der Waals surface area contributed by atoms with Crippen LogP contribution in [0.5, 0.6) is 0 Å². The van der Waals surface area contributed by atoms with E-state index in [1.165, 1.54) is 0 Å². The first-order valence-electron chi connectivity index (χ1n) is 12.3. The average Bonchev–Trinajstić information content (AvgIpc) is 2.94. The number of nitrogens with one attached hydrogen (secondary N) is 1. The number of piperazine rings is 2. The monoisotopic (exact) mass is 548 g/mol. The molecule has 0 aromatic carbocycles. The molecular formula is C24H32N6O9. The zero-order chi connectivity index (χ0) is 28.5. The maximum atomic E-state index is 13.6. The number of anilines is 1. The Labute approximate surface area is 224 Å². The first-order valence-corrected chi connectivity index (χ1v) is 12.3. The standard InChI is InChI=1S/C24H32N6O9/c1-38-21(34)14-18-23(36)29(15-20(32)33)11-12-30(18)22(35)17(26-24(37)39-2)13-19(31)28-9-7-27(8-10-28)16-3-5-25-6-4-16/h3-6,17-18H,7-15H2,1-2H3,(H,26,37)(H,32,33). The number of esters is 1. The first kappa shape index (κ1) is 29.1. The van der Waals surface area contributed by atoms with Gasteiger partial charge in [-0.05, 0) is 12.1 Å². The highest BCUT2D eigenvalue weighted by atomic mass is 16.5. The number of methoxy groups -OCH3 is 2. The molecule has 15 nitrogen and oxygen atoms in total. The molecule has 2 unspecified atom stereocenters. The molecule has 2 aliphatic heterocycles. The second-order valence-electron chi connectivity index (χ2n) is 8.95. The van der Waals surface area contributed by atoms with Gasteiger partial charge < -0.3 is 39.5 Å². The maximum absolute atomic E-state index is 13.6. The van der Waals surface area contributed by atoms with Crippen LogP contribution in [0.15, 0.2) is 24.5 Å². The van der Waals surface area contributed by atoms with Gasteiger partial charge in [0.15, 0.2) is 0 Å². The van der Waals surface area contributed by atoms with E-state index in [-0.39, 0.29) is 19.0 Å². The first-order chi connectivity index (χ1) is 18.6. The second-order valence-corrected chi connectivity index (χ2v) is 8.95. The van der Waals surface area contributed by atoms with Gasteiger partial charge in [-0.3, -0.25) is 29.0 Å². The van der Waals surface area contributed by atoms with Crippen molar-refractivity contribution in [3.05, 3.63) is 24.5 Å². The van der Waals surface area contributed by atoms with Crippen LogP contribution in [0.2, 0.25) is 0 Å². The van der Waals surface area contributed by atoms with Crippen molar-refractivity contribution in [3.63, 3.8) is 0 Å². The lowest BCUT2D eigenvalue weighted by molar-refractivity contribution is -0.159. The van der Waals surface area contributed by atoms with Crippen molar-refractivity contribution in [2.45, 2.75) is 24.9 Å². The summed E-state index contributed by atoms with van der Waals surface area (Å²) < 4.78 is 9.28. The number of aliphatic carboxylic acids is 1. The molecule has 2 saturated heterocycles. The summed E-state index contributed by atoms with van der Waals surface area (Å²) in [6.45, 7) is 1.06. The summed E-state index contributed by atoms with van der Waals surface area (Å²) in [7, 11) is 2.22. The summed E-state index contributed by atoms with van der Waals surface area (Å²) >= 11 is 0. The van der Waals surface area contributed by atoms with Gasteiger partial charge in [0, 0.05) is 57.3 Å². The van der Waals surface area contributed by atoms with E-state index in [4.69, 9.17) is 5.11 Å². The largest absolute Gasteiger partial charge is 0.480 e. The van der Waals surface area contributed by atoms with Gasteiger partial charge in [0.25, 0.3) is 0 Å². The summed E-state index contributed by atoms with van der Waals surface area (Å²) in [5, 5.41) is 11.5. The van der Waals surface area contributed by atoms with Crippen LogP contribution in [-0.2, 0) is 33.4 Å². The van der Waals surface area contributed by atoms with Crippen molar-refractivity contribution in [2.24, 2.45) is 0 Å². The van der Waals surface area contributed by atoms with Gasteiger partial charge in [-0.2, -0.15) is 0 Å². The number of alkyl carbamates (subject to hydrolysis) is 1. The van der Waals surface area contributed by atoms with Gasteiger partial charge in [0.2, 0.25) is 17.7 Å². The van der Waals surface area contributed by atoms with Crippen molar-refractivity contribution in [2.75, 3.05) is 64.9 Å². The van der Waals surface area contributed by atoms with E-state index >= 15 is 0 Å². The molecule has 2 fully saturated rings. The number of rotatable bonds is 9. The molecule has 0 bridgehead atoms. The smallest absolute Gasteiger partial charge is 0.407 e. The van der Waals surface area contributed by atoms with Gasteiger partial charge >= 0.3 is 18.0 Å². The van der Waals surface area contributed by atoms with Gasteiger partial charge in [0.1, 0.15) is 18.6 Å². The molecule has 0 radical (unpaired) electrons. The Morgan fingerprint density at radius 1 is 1.03 bits per heavy atom. The van der Waals surface area contributed by atoms with Gasteiger partial charge in [-0.25, -0.2) is 4.79 Å². The fourth-order valence-corrected chi connectivity index (χ4v) is 4.54. The molecule has 2 aliphatic rings. The number of pyridine rings is 1. The van der Waals surface area contributed by atoms with E-state index in [0.29, 0.717) is 26.2 Å². The lowest BCUT2D eigenvalue weighted by atomic mass is 10.0. The van der Waals surface area contributed by atoms with E-state index in [1.54, 1.807) is 17.3 Å². The van der Waals surface area contributed by atoms with Gasteiger partial charge in [-0.15, -0.1) is 0 Å². The van der Waals surface area contributed by atoms with E-state index in [1.807, 2.05) is 12.1 Å². The number of carbonyl (C=O) groups excluding carboxylic acids is 5. The van der Waals surface area contributed by atoms with E-state index < -0.39 is 61.3 Å². The summed E-state index contributed by atoms with van der Waals surface area (Å²) in [4.78, 5) is 84.8. The maximum Gasteiger partial charge on any atom is 0.407 e. The van der Waals surface area contributed by atoms with Gasteiger partial charge in [-0.1, -0.05) is 0 Å². The van der Waals surface area contributed by atoms with Crippen LogP contribution in [0, 0.1) is 0 Å². The number of nitrogens with zero attached hydrogens (tertiary/aromatic N) is 5. The Morgan fingerprint density at radius 3 is 2.28 bits per heavy atom. The van der Waals surface area contributed by atoms with Crippen molar-refractivity contribution in [1.82, 2.24) is 25.0 Å². The predicted octanol–water partition coefficient (Wildman–Crippen LogP) is -1.47. The van der Waals surface area contributed by atoms with Crippen LogP contribution in [0.25, 0.3) is 0 Å². The highest BCUT2D eigenvalue weighted by Gasteiger charge is 2.42. The predicted molar refractivity (Wildman–Crippen MR) is 133 cm³/mol. The summed E-state index contributed by atoms with van der Waals surface area (Å²) in [6, 6.07) is 0.991. The molecule has 1 aromatic heterocycles. The quantitative estimate of drug-likeness (QED) is 0.344. The minimum Gasteiger partial charge on any atom is -0.480 e. The van der Waals surface area contributed by atoms with Crippen LogP contribution >= 0.6 is 0 Å². The molecule has 0 spiro atoms. The normalized spacial score (nSPS) is 18.3. The van der Waals surface area contributed by atoms with Crippen LogP contribution in [0.3, 0.4) is 0 Å².